The van der Waals surface area contributed by atoms with Crippen molar-refractivity contribution in [2.24, 2.45) is 0 Å². The maximum atomic E-state index is 12.7. The first-order valence-electron chi connectivity index (χ1n) is 25.7. The van der Waals surface area contributed by atoms with Crippen molar-refractivity contribution in [1.82, 2.24) is 0 Å². The zero-order chi connectivity index (χ0) is 44.3. The van der Waals surface area contributed by atoms with Crippen LogP contribution in [0.4, 0.5) is 0 Å². The van der Waals surface area contributed by atoms with Gasteiger partial charge in [-0.1, -0.05) is 232 Å². The van der Waals surface area contributed by atoms with E-state index in [4.69, 9.17) is 18.5 Å². The summed E-state index contributed by atoms with van der Waals surface area (Å²) in [6.07, 6.45) is 45.6. The third-order valence-electron chi connectivity index (χ3n) is 11.6. The fourth-order valence-corrected chi connectivity index (χ4v) is 8.33. The lowest BCUT2D eigenvalue weighted by Gasteiger charge is -2.28. The van der Waals surface area contributed by atoms with Gasteiger partial charge < -0.3 is 27.9 Å². The van der Waals surface area contributed by atoms with E-state index >= 15 is 0 Å². The van der Waals surface area contributed by atoms with E-state index in [0.717, 1.165) is 32.1 Å². The van der Waals surface area contributed by atoms with Gasteiger partial charge >= 0.3 is 11.9 Å². The van der Waals surface area contributed by atoms with Crippen LogP contribution in [0, 0.1) is 0 Å². The Morgan fingerprint density at radius 3 is 1.07 bits per heavy atom. The SMILES string of the molecule is CCCCCCCCCCCCCCCCCCCCCCC(=O)O[C@H](COC(=O)CCCCCCCCCCCCCCCCCC)COP(=O)([O-])OCC[N+](C)(C)C. The summed E-state index contributed by atoms with van der Waals surface area (Å²) in [6, 6.07) is 0. The summed E-state index contributed by atoms with van der Waals surface area (Å²) in [5, 5.41) is 0. The average molecular weight is 874 g/mol. The maximum Gasteiger partial charge on any atom is 0.306 e. The molecule has 2 atom stereocenters. The molecule has 0 saturated carbocycles. The zero-order valence-electron chi connectivity index (χ0n) is 40.4. The number of likely N-dealkylation sites (N-methyl/N-ethyl adjacent to an activating group) is 1. The van der Waals surface area contributed by atoms with Crippen LogP contribution in [0.15, 0.2) is 0 Å². The van der Waals surface area contributed by atoms with Gasteiger partial charge in [0.2, 0.25) is 0 Å². The molecule has 0 saturated heterocycles. The van der Waals surface area contributed by atoms with Crippen molar-refractivity contribution in [2.75, 3.05) is 47.5 Å². The molecule has 0 N–H and O–H groups in total. The van der Waals surface area contributed by atoms with Gasteiger partial charge in [-0.3, -0.25) is 14.2 Å². The topological polar surface area (TPSA) is 111 Å². The molecule has 0 bridgehead atoms. The number of carbonyl (C=O) groups excluding carboxylic acids is 2. The monoisotopic (exact) mass is 874 g/mol. The molecule has 0 radical (unpaired) electrons. The van der Waals surface area contributed by atoms with E-state index in [2.05, 4.69) is 13.8 Å². The largest absolute Gasteiger partial charge is 0.756 e. The first kappa shape index (κ1) is 59.0. The van der Waals surface area contributed by atoms with Crippen LogP contribution in [-0.4, -0.2) is 70.0 Å². The highest BCUT2D eigenvalue weighted by molar-refractivity contribution is 7.45. The van der Waals surface area contributed by atoms with Crippen LogP contribution < -0.4 is 4.89 Å². The summed E-state index contributed by atoms with van der Waals surface area (Å²) in [5.41, 5.74) is 0. The Balaban J connectivity index is 4.19. The van der Waals surface area contributed by atoms with Crippen LogP contribution in [0.1, 0.15) is 258 Å². The second-order valence-corrected chi connectivity index (χ2v) is 20.3. The highest BCUT2D eigenvalue weighted by atomic mass is 31.2. The molecular weight excluding hydrogens is 774 g/mol. The third kappa shape index (κ3) is 46.5. The zero-order valence-corrected chi connectivity index (χ0v) is 41.3. The molecule has 0 aliphatic rings. The minimum absolute atomic E-state index is 0.0253. The molecule has 0 spiro atoms. The first-order valence-corrected chi connectivity index (χ1v) is 27.2. The predicted molar refractivity (Wildman–Crippen MR) is 250 cm³/mol. The number of esters is 2. The molecule has 9 nitrogen and oxygen atoms in total. The Morgan fingerprint density at radius 1 is 0.450 bits per heavy atom. The standard InChI is InChI=1S/C50H100NO8P/c1-6-8-10-12-14-16-18-20-22-24-25-26-27-29-31-33-35-37-39-41-43-50(53)59-48(47-58-60(54,55)57-45-44-51(3,4)5)46-56-49(52)42-40-38-36-34-32-30-28-23-21-19-17-15-13-11-9-7-2/h48H,6-47H2,1-5H3/t48-/m1/s1. The summed E-state index contributed by atoms with van der Waals surface area (Å²) < 4.78 is 34.1. The molecule has 0 heterocycles. The van der Waals surface area contributed by atoms with Crippen molar-refractivity contribution in [1.29, 1.82) is 0 Å². The number of nitrogens with zero attached hydrogens (tertiary/aromatic N) is 1. The smallest absolute Gasteiger partial charge is 0.306 e. The van der Waals surface area contributed by atoms with E-state index < -0.39 is 26.5 Å². The highest BCUT2D eigenvalue weighted by Gasteiger charge is 2.21. The van der Waals surface area contributed by atoms with Gasteiger partial charge in [-0.05, 0) is 12.8 Å². The summed E-state index contributed by atoms with van der Waals surface area (Å²) >= 11 is 0. The van der Waals surface area contributed by atoms with Crippen LogP contribution >= 0.6 is 7.82 Å². The number of phosphoric acid groups is 1. The number of hydrogen-bond donors (Lipinski definition) is 0. The Hall–Kier alpha value is -0.990. The quantitative estimate of drug-likeness (QED) is 0.0257. The summed E-state index contributed by atoms with van der Waals surface area (Å²) in [6.45, 7) is 4.29. The van der Waals surface area contributed by atoms with Gasteiger partial charge in [0.15, 0.2) is 6.10 Å². The summed E-state index contributed by atoms with van der Waals surface area (Å²) in [4.78, 5) is 37.7. The molecule has 0 aromatic heterocycles. The fraction of sp³-hybridized carbons (Fsp3) is 0.960. The predicted octanol–water partition coefficient (Wildman–Crippen LogP) is 14.5. The van der Waals surface area contributed by atoms with Gasteiger partial charge in [0.05, 0.1) is 27.7 Å². The van der Waals surface area contributed by atoms with E-state index in [1.807, 2.05) is 21.1 Å². The van der Waals surface area contributed by atoms with E-state index in [9.17, 15) is 19.0 Å². The van der Waals surface area contributed by atoms with E-state index in [1.54, 1.807) is 0 Å². The minimum Gasteiger partial charge on any atom is -0.756 e. The van der Waals surface area contributed by atoms with Crippen molar-refractivity contribution in [3.63, 3.8) is 0 Å². The second-order valence-electron chi connectivity index (χ2n) is 18.9. The lowest BCUT2D eigenvalue weighted by atomic mass is 10.0. The number of phosphoric ester groups is 1. The van der Waals surface area contributed by atoms with E-state index in [0.29, 0.717) is 17.4 Å². The van der Waals surface area contributed by atoms with Gasteiger partial charge in [0.1, 0.15) is 19.8 Å². The van der Waals surface area contributed by atoms with Gasteiger partial charge in [-0.2, -0.15) is 0 Å². The molecule has 0 fully saturated rings. The molecule has 0 rings (SSSR count). The Kier molecular flexibility index (Phi) is 42.6. The number of ether oxygens (including phenoxy) is 2. The number of carbonyl (C=O) groups is 2. The van der Waals surface area contributed by atoms with Gasteiger partial charge in [0.25, 0.3) is 7.82 Å². The molecule has 358 valence electrons. The van der Waals surface area contributed by atoms with Crippen LogP contribution in [-0.2, 0) is 32.7 Å². The summed E-state index contributed by atoms with van der Waals surface area (Å²) in [5.74, 6) is -0.813. The lowest BCUT2D eigenvalue weighted by Crippen LogP contribution is -2.37. The Labute approximate surface area is 372 Å². The van der Waals surface area contributed by atoms with Crippen LogP contribution in [0.2, 0.25) is 0 Å². The molecule has 0 aliphatic heterocycles. The van der Waals surface area contributed by atoms with Crippen molar-refractivity contribution in [3.8, 4) is 0 Å². The molecule has 0 aliphatic carbocycles. The van der Waals surface area contributed by atoms with E-state index in [-0.39, 0.29) is 32.0 Å². The lowest BCUT2D eigenvalue weighted by molar-refractivity contribution is -0.870. The van der Waals surface area contributed by atoms with Crippen molar-refractivity contribution >= 4 is 19.8 Å². The molecule has 60 heavy (non-hydrogen) atoms. The second kappa shape index (κ2) is 43.3. The van der Waals surface area contributed by atoms with Crippen LogP contribution in [0.25, 0.3) is 0 Å². The van der Waals surface area contributed by atoms with E-state index in [1.165, 1.54) is 193 Å². The van der Waals surface area contributed by atoms with Gasteiger partial charge in [0, 0.05) is 12.8 Å². The number of hydrogen-bond acceptors (Lipinski definition) is 8. The number of quaternary nitrogens is 1. The molecule has 10 heteroatoms. The Bertz CT molecular complexity index is 990. The average Bonchev–Trinajstić information content (AvgIpc) is 3.20. The fourth-order valence-electron chi connectivity index (χ4n) is 7.60. The number of unbranched alkanes of at least 4 members (excludes halogenated alkanes) is 34. The van der Waals surface area contributed by atoms with Gasteiger partial charge in [-0.25, -0.2) is 0 Å². The molecule has 0 aromatic carbocycles. The van der Waals surface area contributed by atoms with Crippen molar-refractivity contribution < 1.29 is 42.1 Å². The van der Waals surface area contributed by atoms with Gasteiger partial charge in [-0.15, -0.1) is 0 Å². The third-order valence-corrected chi connectivity index (χ3v) is 12.6. The molecular formula is C50H100NO8P. The van der Waals surface area contributed by atoms with Crippen molar-refractivity contribution in [2.45, 2.75) is 264 Å². The number of rotatable bonds is 48. The maximum absolute atomic E-state index is 12.7. The molecule has 0 amide bonds. The minimum atomic E-state index is -4.62. The Morgan fingerprint density at radius 2 is 0.750 bits per heavy atom. The van der Waals surface area contributed by atoms with Crippen molar-refractivity contribution in [3.05, 3.63) is 0 Å². The first-order chi connectivity index (χ1) is 29.0. The molecule has 0 aromatic rings. The van der Waals surface area contributed by atoms with Crippen LogP contribution in [0.3, 0.4) is 0 Å². The summed E-state index contributed by atoms with van der Waals surface area (Å²) in [7, 11) is 1.19. The normalized spacial score (nSPS) is 13.4. The highest BCUT2D eigenvalue weighted by Crippen LogP contribution is 2.38. The molecule has 1 unspecified atom stereocenters. The van der Waals surface area contributed by atoms with Crippen LogP contribution in [0.5, 0.6) is 0 Å².